The smallest absolute Gasteiger partial charge is 0.203 e. The molecule has 0 aromatic heterocycles. The largest absolute Gasteiger partial charge is 0.483 e. The molecule has 0 fully saturated rings. The number of ketones is 1. The van der Waals surface area contributed by atoms with Gasteiger partial charge in [0.2, 0.25) is 5.78 Å². The molecule has 0 N–H and O–H groups in total. The van der Waals surface area contributed by atoms with Crippen LogP contribution in [0.3, 0.4) is 0 Å². The molecule has 0 aliphatic heterocycles. The molecule has 2 aromatic carbocycles. The standard InChI is InChI=1S/C17H17IO2/c1-11-4-5-12(2)16(10-11)17(19)13(3)20-15-8-6-14(18)7-9-15/h4-10,13H,1-3H3. The molecule has 0 bridgehead atoms. The molecule has 0 spiro atoms. The minimum atomic E-state index is -0.490. The van der Waals surface area contributed by atoms with Crippen molar-refractivity contribution in [1.29, 1.82) is 0 Å². The molecule has 0 aliphatic carbocycles. The fraction of sp³-hybridized carbons (Fsp3) is 0.235. The monoisotopic (exact) mass is 380 g/mol. The number of halogens is 1. The molecule has 0 aliphatic rings. The third kappa shape index (κ3) is 3.60. The summed E-state index contributed by atoms with van der Waals surface area (Å²) in [7, 11) is 0. The molecule has 0 saturated heterocycles. The molecule has 0 heterocycles. The first-order valence-corrected chi connectivity index (χ1v) is 7.59. The zero-order valence-electron chi connectivity index (χ0n) is 11.8. The molecular weight excluding hydrogens is 363 g/mol. The minimum absolute atomic E-state index is 0.0183. The Hall–Kier alpha value is -1.36. The Morgan fingerprint density at radius 2 is 1.75 bits per heavy atom. The van der Waals surface area contributed by atoms with Gasteiger partial charge in [0.25, 0.3) is 0 Å². The van der Waals surface area contributed by atoms with Gasteiger partial charge in [0, 0.05) is 9.13 Å². The van der Waals surface area contributed by atoms with Crippen molar-refractivity contribution >= 4 is 28.4 Å². The van der Waals surface area contributed by atoms with E-state index >= 15 is 0 Å². The van der Waals surface area contributed by atoms with Crippen LogP contribution >= 0.6 is 22.6 Å². The van der Waals surface area contributed by atoms with Crippen LogP contribution in [0.5, 0.6) is 5.75 Å². The Bertz CT molecular complexity index is 617. The molecule has 3 heteroatoms. The average molecular weight is 380 g/mol. The number of hydrogen-bond donors (Lipinski definition) is 0. The first-order valence-electron chi connectivity index (χ1n) is 6.51. The maximum atomic E-state index is 12.5. The highest BCUT2D eigenvalue weighted by Crippen LogP contribution is 2.18. The predicted molar refractivity (Wildman–Crippen MR) is 89.5 cm³/mol. The van der Waals surface area contributed by atoms with Crippen LogP contribution in [-0.2, 0) is 0 Å². The second kappa shape index (κ2) is 6.39. The topological polar surface area (TPSA) is 26.3 Å². The van der Waals surface area contributed by atoms with E-state index in [0.717, 1.165) is 26.0 Å². The summed E-state index contributed by atoms with van der Waals surface area (Å²) in [5.74, 6) is 0.737. The molecular formula is C17H17IO2. The summed E-state index contributed by atoms with van der Waals surface area (Å²) < 4.78 is 6.87. The maximum absolute atomic E-state index is 12.5. The number of carbonyl (C=O) groups is 1. The molecule has 0 amide bonds. The number of benzene rings is 2. The highest BCUT2D eigenvalue weighted by atomic mass is 127. The van der Waals surface area contributed by atoms with E-state index in [1.807, 2.05) is 56.3 Å². The highest BCUT2D eigenvalue weighted by molar-refractivity contribution is 14.1. The molecule has 2 nitrogen and oxygen atoms in total. The summed E-state index contributed by atoms with van der Waals surface area (Å²) in [5, 5.41) is 0. The quantitative estimate of drug-likeness (QED) is 0.574. The summed E-state index contributed by atoms with van der Waals surface area (Å²) in [6.07, 6.45) is -0.490. The van der Waals surface area contributed by atoms with Gasteiger partial charge in [-0.3, -0.25) is 4.79 Å². The highest BCUT2D eigenvalue weighted by Gasteiger charge is 2.18. The molecule has 0 radical (unpaired) electrons. The number of rotatable bonds is 4. The summed E-state index contributed by atoms with van der Waals surface area (Å²) >= 11 is 2.24. The lowest BCUT2D eigenvalue weighted by Gasteiger charge is -2.15. The van der Waals surface area contributed by atoms with E-state index in [2.05, 4.69) is 22.6 Å². The van der Waals surface area contributed by atoms with Crippen LogP contribution < -0.4 is 4.74 Å². The van der Waals surface area contributed by atoms with Gasteiger partial charge in [-0.1, -0.05) is 17.7 Å². The zero-order chi connectivity index (χ0) is 14.7. The maximum Gasteiger partial charge on any atom is 0.203 e. The van der Waals surface area contributed by atoms with Gasteiger partial charge < -0.3 is 4.74 Å². The molecule has 2 rings (SSSR count). The van der Waals surface area contributed by atoms with Crippen LogP contribution in [0.15, 0.2) is 42.5 Å². The number of ether oxygens (including phenoxy) is 1. The van der Waals surface area contributed by atoms with Gasteiger partial charge in [-0.05, 0) is 79.3 Å². The van der Waals surface area contributed by atoms with Crippen LogP contribution in [0.4, 0.5) is 0 Å². The van der Waals surface area contributed by atoms with Crippen molar-refractivity contribution in [3.05, 3.63) is 62.7 Å². The van der Waals surface area contributed by atoms with Crippen molar-refractivity contribution < 1.29 is 9.53 Å². The number of carbonyl (C=O) groups excluding carboxylic acids is 1. The minimum Gasteiger partial charge on any atom is -0.483 e. The van der Waals surface area contributed by atoms with Crippen LogP contribution in [0.25, 0.3) is 0 Å². The molecule has 0 saturated carbocycles. The third-order valence-electron chi connectivity index (χ3n) is 3.15. The van der Waals surface area contributed by atoms with Crippen LogP contribution in [0.2, 0.25) is 0 Å². The Morgan fingerprint density at radius 3 is 2.40 bits per heavy atom. The van der Waals surface area contributed by atoms with Gasteiger partial charge in [-0.15, -0.1) is 0 Å². The van der Waals surface area contributed by atoms with E-state index in [9.17, 15) is 4.79 Å². The van der Waals surface area contributed by atoms with Gasteiger partial charge >= 0.3 is 0 Å². The van der Waals surface area contributed by atoms with E-state index in [4.69, 9.17) is 4.74 Å². The second-order valence-electron chi connectivity index (χ2n) is 4.90. The summed E-state index contributed by atoms with van der Waals surface area (Å²) in [4.78, 5) is 12.5. The van der Waals surface area contributed by atoms with E-state index in [-0.39, 0.29) is 5.78 Å². The Kier molecular flexibility index (Phi) is 4.81. The van der Waals surface area contributed by atoms with E-state index in [0.29, 0.717) is 0 Å². The van der Waals surface area contributed by atoms with Crippen molar-refractivity contribution in [2.75, 3.05) is 0 Å². The lowest BCUT2D eigenvalue weighted by atomic mass is 9.99. The van der Waals surface area contributed by atoms with Crippen molar-refractivity contribution in [2.24, 2.45) is 0 Å². The Balaban J connectivity index is 2.16. The van der Waals surface area contributed by atoms with Crippen LogP contribution in [0.1, 0.15) is 28.4 Å². The van der Waals surface area contributed by atoms with Gasteiger partial charge in [-0.25, -0.2) is 0 Å². The third-order valence-corrected chi connectivity index (χ3v) is 3.87. The average Bonchev–Trinajstić information content (AvgIpc) is 2.43. The molecule has 20 heavy (non-hydrogen) atoms. The van der Waals surface area contributed by atoms with Crippen LogP contribution in [0, 0.1) is 17.4 Å². The first-order chi connectivity index (χ1) is 9.47. The predicted octanol–water partition coefficient (Wildman–Crippen LogP) is 4.56. The van der Waals surface area contributed by atoms with Crippen molar-refractivity contribution in [2.45, 2.75) is 26.9 Å². The number of hydrogen-bond acceptors (Lipinski definition) is 2. The zero-order valence-corrected chi connectivity index (χ0v) is 14.0. The Morgan fingerprint density at radius 1 is 1.10 bits per heavy atom. The molecule has 2 aromatic rings. The van der Waals surface area contributed by atoms with E-state index in [1.165, 1.54) is 0 Å². The summed E-state index contributed by atoms with van der Waals surface area (Å²) in [6, 6.07) is 13.6. The lowest BCUT2D eigenvalue weighted by molar-refractivity contribution is 0.0817. The Labute approximate surface area is 133 Å². The van der Waals surface area contributed by atoms with Crippen LogP contribution in [-0.4, -0.2) is 11.9 Å². The molecule has 1 unspecified atom stereocenters. The molecule has 104 valence electrons. The fourth-order valence-electron chi connectivity index (χ4n) is 1.99. The van der Waals surface area contributed by atoms with Crippen molar-refractivity contribution in [3.63, 3.8) is 0 Å². The van der Waals surface area contributed by atoms with E-state index < -0.39 is 6.10 Å². The van der Waals surface area contributed by atoms with Gasteiger partial charge in [0.15, 0.2) is 6.10 Å². The second-order valence-corrected chi connectivity index (χ2v) is 6.14. The summed E-state index contributed by atoms with van der Waals surface area (Å²) in [6.45, 7) is 5.73. The number of aryl methyl sites for hydroxylation is 2. The van der Waals surface area contributed by atoms with E-state index in [1.54, 1.807) is 6.92 Å². The fourth-order valence-corrected chi connectivity index (χ4v) is 2.35. The number of Topliss-reactive ketones (excluding diaryl/α,β-unsaturated/α-hetero) is 1. The van der Waals surface area contributed by atoms with Crippen molar-refractivity contribution in [3.8, 4) is 5.75 Å². The lowest BCUT2D eigenvalue weighted by Crippen LogP contribution is -2.24. The van der Waals surface area contributed by atoms with Crippen molar-refractivity contribution in [1.82, 2.24) is 0 Å². The molecule has 1 atom stereocenters. The normalized spacial score (nSPS) is 12.0. The van der Waals surface area contributed by atoms with Gasteiger partial charge in [0.1, 0.15) is 5.75 Å². The first kappa shape index (κ1) is 15.0. The summed E-state index contributed by atoms with van der Waals surface area (Å²) in [5.41, 5.74) is 2.81. The van der Waals surface area contributed by atoms with Gasteiger partial charge in [-0.2, -0.15) is 0 Å². The SMILES string of the molecule is Cc1ccc(C)c(C(=O)C(C)Oc2ccc(I)cc2)c1. The van der Waals surface area contributed by atoms with Gasteiger partial charge in [0.05, 0.1) is 0 Å².